The molecule has 8 heteroatoms. The van der Waals surface area contributed by atoms with Gasteiger partial charge in [0.2, 0.25) is 0 Å². The molecular weight excluding hydrogens is 394 g/mol. The first-order valence-corrected chi connectivity index (χ1v) is 10.0. The molecule has 0 saturated carbocycles. The predicted molar refractivity (Wildman–Crippen MR) is 117 cm³/mol. The summed E-state index contributed by atoms with van der Waals surface area (Å²) in [5, 5.41) is 16.2. The molecule has 0 fully saturated rings. The number of fused-ring (bicyclic) bond motifs is 1. The largest absolute Gasteiger partial charge is 0.488 e. The van der Waals surface area contributed by atoms with Crippen LogP contribution in [-0.4, -0.2) is 30.4 Å². The third-order valence-corrected chi connectivity index (χ3v) is 5.82. The van der Waals surface area contributed by atoms with E-state index in [2.05, 4.69) is 23.3 Å². The van der Waals surface area contributed by atoms with Crippen molar-refractivity contribution in [1.82, 2.24) is 10.6 Å². The number of aryl methyl sites for hydroxylation is 1. The second kappa shape index (κ2) is 8.72. The van der Waals surface area contributed by atoms with E-state index in [1.807, 2.05) is 31.2 Å². The highest BCUT2D eigenvalue weighted by molar-refractivity contribution is 7.84. The molecule has 148 valence electrons. The quantitative estimate of drug-likeness (QED) is 0.466. The molecule has 6 nitrogen and oxygen atoms in total. The smallest absolute Gasteiger partial charge is 0.253 e. The third kappa shape index (κ3) is 4.70. The summed E-state index contributed by atoms with van der Waals surface area (Å²) >= 11 is 5.87. The molecule has 2 heterocycles. The van der Waals surface area contributed by atoms with Gasteiger partial charge in [0, 0.05) is 31.3 Å². The lowest BCUT2D eigenvalue weighted by molar-refractivity contribution is 0.0956. The van der Waals surface area contributed by atoms with Crippen molar-refractivity contribution in [2.75, 3.05) is 13.2 Å². The molecule has 1 aliphatic rings. The van der Waals surface area contributed by atoms with Gasteiger partial charge >= 0.3 is 0 Å². The van der Waals surface area contributed by atoms with Gasteiger partial charge in [-0.2, -0.15) is 0 Å². The number of carbonyl (C=O) groups excluding carboxylic acids is 1. The van der Waals surface area contributed by atoms with E-state index in [4.69, 9.17) is 10.5 Å². The van der Waals surface area contributed by atoms with Crippen LogP contribution >= 0.6 is 24.0 Å². The highest BCUT2D eigenvalue weighted by Crippen LogP contribution is 2.33. The number of aliphatic hydroxyl groups excluding tert-OH is 1. The lowest BCUT2D eigenvalue weighted by Gasteiger charge is -2.17. The summed E-state index contributed by atoms with van der Waals surface area (Å²) in [7, 11) is 0. The number of hydrogen-bond acceptors (Lipinski definition) is 7. The van der Waals surface area contributed by atoms with Gasteiger partial charge in [0.25, 0.3) is 5.91 Å². The van der Waals surface area contributed by atoms with Gasteiger partial charge in [-0.05, 0) is 44.2 Å². The van der Waals surface area contributed by atoms with Crippen LogP contribution in [0.15, 0.2) is 52.7 Å². The van der Waals surface area contributed by atoms with Crippen molar-refractivity contribution in [2.24, 2.45) is 5.73 Å². The van der Waals surface area contributed by atoms with Crippen LogP contribution in [0.2, 0.25) is 0 Å². The van der Waals surface area contributed by atoms with Crippen LogP contribution < -0.4 is 21.1 Å². The molecule has 1 aromatic heterocycles. The van der Waals surface area contributed by atoms with Gasteiger partial charge in [-0.3, -0.25) is 4.79 Å². The SMILES string of the molecule is C/C(N)=C(/S)COc1ccc2sc(C)c(C(=O)NCC3=CC=CC(O)N3)c2c1. The molecular formula is C20H23N3O3S2. The van der Waals surface area contributed by atoms with Crippen molar-refractivity contribution in [3.05, 3.63) is 63.2 Å². The number of thiol groups is 1. The minimum atomic E-state index is -0.733. The van der Waals surface area contributed by atoms with Gasteiger partial charge < -0.3 is 26.2 Å². The van der Waals surface area contributed by atoms with Gasteiger partial charge in [0.1, 0.15) is 18.6 Å². The molecule has 3 rings (SSSR count). The molecule has 1 aromatic carbocycles. The van der Waals surface area contributed by atoms with Gasteiger partial charge in [-0.25, -0.2) is 0 Å². The van der Waals surface area contributed by atoms with Gasteiger partial charge in [0.05, 0.1) is 12.1 Å². The number of thiophene rings is 1. The Bertz CT molecular complexity index is 988. The van der Waals surface area contributed by atoms with E-state index in [1.54, 1.807) is 30.4 Å². The molecule has 1 atom stereocenters. The summed E-state index contributed by atoms with van der Waals surface area (Å²) in [6.45, 7) is 4.27. The van der Waals surface area contributed by atoms with E-state index in [0.717, 1.165) is 20.7 Å². The van der Waals surface area contributed by atoms with Gasteiger partial charge in [-0.1, -0.05) is 6.08 Å². The Hall–Kier alpha value is -2.42. The lowest BCUT2D eigenvalue weighted by Crippen LogP contribution is -2.35. The Morgan fingerprint density at radius 3 is 2.96 bits per heavy atom. The van der Waals surface area contributed by atoms with Crippen LogP contribution in [0.25, 0.3) is 10.1 Å². The summed E-state index contributed by atoms with van der Waals surface area (Å²) in [5.74, 6) is 0.484. The summed E-state index contributed by atoms with van der Waals surface area (Å²) in [5.41, 5.74) is 7.70. The molecule has 1 aliphatic heterocycles. The van der Waals surface area contributed by atoms with Crippen molar-refractivity contribution in [1.29, 1.82) is 0 Å². The van der Waals surface area contributed by atoms with Crippen LogP contribution in [0.4, 0.5) is 0 Å². The number of nitrogens with one attached hydrogen (secondary N) is 2. The normalized spacial score (nSPS) is 17.0. The van der Waals surface area contributed by atoms with E-state index < -0.39 is 6.23 Å². The number of carbonyl (C=O) groups is 1. The van der Waals surface area contributed by atoms with Crippen molar-refractivity contribution < 1.29 is 14.6 Å². The highest BCUT2D eigenvalue weighted by Gasteiger charge is 2.18. The number of hydrogen-bond donors (Lipinski definition) is 5. The second-order valence-electron chi connectivity index (χ2n) is 6.46. The van der Waals surface area contributed by atoms with E-state index in [1.165, 1.54) is 0 Å². The molecule has 1 unspecified atom stereocenters. The fraction of sp³-hybridized carbons (Fsp3) is 0.250. The maximum Gasteiger partial charge on any atom is 0.253 e. The van der Waals surface area contributed by atoms with Crippen LogP contribution in [0.3, 0.4) is 0 Å². The topological polar surface area (TPSA) is 96.6 Å². The Morgan fingerprint density at radius 2 is 2.25 bits per heavy atom. The summed E-state index contributed by atoms with van der Waals surface area (Å²) < 4.78 is 6.77. The maximum absolute atomic E-state index is 12.8. The zero-order valence-corrected chi connectivity index (χ0v) is 17.4. The van der Waals surface area contributed by atoms with Crippen LogP contribution in [0.5, 0.6) is 5.75 Å². The first kappa shape index (κ1) is 20.3. The molecule has 2 aromatic rings. The Balaban J connectivity index is 1.78. The van der Waals surface area contributed by atoms with Gasteiger partial charge in [0.15, 0.2) is 0 Å². The molecule has 5 N–H and O–H groups in total. The number of amides is 1. The average molecular weight is 418 g/mol. The average Bonchev–Trinajstić information content (AvgIpc) is 2.99. The van der Waals surface area contributed by atoms with Crippen LogP contribution in [0.1, 0.15) is 22.2 Å². The molecule has 0 spiro atoms. The predicted octanol–water partition coefficient (Wildman–Crippen LogP) is 2.80. The lowest BCUT2D eigenvalue weighted by atomic mass is 10.1. The van der Waals surface area contributed by atoms with E-state index in [0.29, 0.717) is 28.5 Å². The number of benzene rings is 1. The fourth-order valence-corrected chi connectivity index (χ4v) is 3.88. The Labute approximate surface area is 173 Å². The number of nitrogens with two attached hydrogens (primary N) is 1. The summed E-state index contributed by atoms with van der Waals surface area (Å²) in [6, 6.07) is 5.69. The minimum Gasteiger partial charge on any atom is -0.488 e. The minimum absolute atomic E-state index is 0.166. The fourth-order valence-electron chi connectivity index (χ4n) is 2.77. The van der Waals surface area contributed by atoms with E-state index in [-0.39, 0.29) is 12.5 Å². The third-order valence-electron chi connectivity index (χ3n) is 4.26. The van der Waals surface area contributed by atoms with Crippen molar-refractivity contribution in [2.45, 2.75) is 20.1 Å². The van der Waals surface area contributed by atoms with Crippen molar-refractivity contribution in [3.63, 3.8) is 0 Å². The molecule has 1 amide bonds. The number of rotatable bonds is 6. The molecule has 0 bridgehead atoms. The highest BCUT2D eigenvalue weighted by atomic mass is 32.1. The van der Waals surface area contributed by atoms with E-state index in [9.17, 15) is 9.90 Å². The standard InChI is InChI=1S/C20H23N3O3S2/c1-11(21)16(27)10-26-14-6-7-17-15(8-14)19(12(2)28-17)20(25)22-9-13-4-3-5-18(24)23-13/h3-8,18,23-24,27H,9-10,21H2,1-2H3,(H,22,25)/b16-11-. The zero-order chi connectivity index (χ0) is 20.3. The number of aliphatic hydroxyl groups is 1. The van der Waals surface area contributed by atoms with Gasteiger partial charge in [-0.15, -0.1) is 24.0 Å². The van der Waals surface area contributed by atoms with Crippen LogP contribution in [-0.2, 0) is 0 Å². The summed E-state index contributed by atoms with van der Waals surface area (Å²) in [6.07, 6.45) is 4.47. The molecule has 0 radical (unpaired) electrons. The second-order valence-corrected chi connectivity index (χ2v) is 8.25. The molecule has 0 saturated heterocycles. The van der Waals surface area contributed by atoms with E-state index >= 15 is 0 Å². The summed E-state index contributed by atoms with van der Waals surface area (Å²) in [4.78, 5) is 14.4. The first-order valence-electron chi connectivity index (χ1n) is 8.75. The maximum atomic E-state index is 12.8. The van der Waals surface area contributed by atoms with Crippen molar-refractivity contribution >= 4 is 40.0 Å². The Morgan fingerprint density at radius 1 is 1.46 bits per heavy atom. The number of dihydropyridines is 1. The number of allylic oxidation sites excluding steroid dienone is 3. The first-order chi connectivity index (χ1) is 13.3. The Kier molecular flexibility index (Phi) is 6.33. The number of ether oxygens (including phenoxy) is 1. The molecule has 28 heavy (non-hydrogen) atoms. The zero-order valence-electron chi connectivity index (χ0n) is 15.7. The monoisotopic (exact) mass is 417 g/mol. The van der Waals surface area contributed by atoms with Crippen molar-refractivity contribution in [3.8, 4) is 5.75 Å². The molecule has 0 aliphatic carbocycles. The van der Waals surface area contributed by atoms with Crippen LogP contribution in [0, 0.1) is 6.92 Å².